The molecular formula is C10H12N2OS. The van der Waals surface area contributed by atoms with Crippen LogP contribution in [-0.2, 0) is 6.54 Å². The Labute approximate surface area is 88.1 Å². The van der Waals surface area contributed by atoms with Gasteiger partial charge in [0.15, 0.2) is 12.0 Å². The Kier molecular flexibility index (Phi) is 2.74. The lowest BCUT2D eigenvalue weighted by Crippen LogP contribution is -2.15. The Morgan fingerprint density at radius 2 is 2.36 bits per heavy atom. The van der Waals surface area contributed by atoms with Gasteiger partial charge in [-0.15, -0.1) is 0 Å². The van der Waals surface area contributed by atoms with Gasteiger partial charge in [0.25, 0.3) is 0 Å². The van der Waals surface area contributed by atoms with Gasteiger partial charge in [-0.1, -0.05) is 6.07 Å². The van der Waals surface area contributed by atoms with E-state index in [0.29, 0.717) is 0 Å². The van der Waals surface area contributed by atoms with Crippen molar-refractivity contribution in [1.82, 2.24) is 9.88 Å². The van der Waals surface area contributed by atoms with E-state index in [4.69, 9.17) is 4.42 Å². The number of oxazole rings is 1. The zero-order valence-corrected chi connectivity index (χ0v) is 8.87. The molecule has 0 aliphatic heterocycles. The molecule has 0 saturated carbocycles. The molecule has 0 bridgehead atoms. The first-order chi connectivity index (χ1) is 6.79. The lowest BCUT2D eigenvalue weighted by molar-refractivity contribution is 0.387. The Hall–Kier alpha value is -1.00. The van der Waals surface area contributed by atoms with Gasteiger partial charge in [-0.05, 0) is 24.7 Å². The molecule has 1 aromatic carbocycles. The molecule has 0 radical (unpaired) electrons. The van der Waals surface area contributed by atoms with Gasteiger partial charge in [-0.3, -0.25) is 4.90 Å². The van der Waals surface area contributed by atoms with Crippen molar-refractivity contribution in [2.75, 3.05) is 12.9 Å². The first kappa shape index (κ1) is 9.55. The monoisotopic (exact) mass is 208 g/mol. The highest BCUT2D eigenvalue weighted by molar-refractivity contribution is 7.80. The lowest BCUT2D eigenvalue weighted by atomic mass is 10.2. The van der Waals surface area contributed by atoms with E-state index in [1.165, 1.54) is 12.0 Å². The van der Waals surface area contributed by atoms with Crippen LogP contribution in [0.1, 0.15) is 5.56 Å². The van der Waals surface area contributed by atoms with E-state index in [9.17, 15) is 0 Å². The van der Waals surface area contributed by atoms with Gasteiger partial charge in [0, 0.05) is 12.4 Å². The predicted molar refractivity (Wildman–Crippen MR) is 59.3 cm³/mol. The molecule has 3 nitrogen and oxygen atoms in total. The fraction of sp³-hybridized carbons (Fsp3) is 0.300. The fourth-order valence-electron chi connectivity index (χ4n) is 1.36. The predicted octanol–water partition coefficient (Wildman–Crippen LogP) is 2.15. The molecule has 1 heterocycles. The number of fused-ring (bicyclic) bond motifs is 1. The third-order valence-corrected chi connectivity index (χ3v) is 2.57. The van der Waals surface area contributed by atoms with Gasteiger partial charge in [0.1, 0.15) is 5.52 Å². The fourth-order valence-corrected chi connectivity index (χ4v) is 1.46. The minimum absolute atomic E-state index is 0.744. The summed E-state index contributed by atoms with van der Waals surface area (Å²) >= 11 is 4.20. The Balaban J connectivity index is 2.25. The van der Waals surface area contributed by atoms with E-state index in [2.05, 4.69) is 28.6 Å². The van der Waals surface area contributed by atoms with Crippen molar-refractivity contribution in [3.05, 3.63) is 30.2 Å². The van der Waals surface area contributed by atoms with Gasteiger partial charge in [-0.2, -0.15) is 12.6 Å². The van der Waals surface area contributed by atoms with Crippen LogP contribution in [0.25, 0.3) is 11.1 Å². The van der Waals surface area contributed by atoms with Crippen LogP contribution in [0, 0.1) is 0 Å². The van der Waals surface area contributed by atoms with E-state index >= 15 is 0 Å². The van der Waals surface area contributed by atoms with Crippen molar-refractivity contribution in [1.29, 1.82) is 0 Å². The Morgan fingerprint density at radius 3 is 3.14 bits per heavy atom. The summed E-state index contributed by atoms with van der Waals surface area (Å²) in [4.78, 5) is 6.18. The van der Waals surface area contributed by atoms with Crippen LogP contribution < -0.4 is 0 Å². The summed E-state index contributed by atoms with van der Waals surface area (Å²) in [6, 6.07) is 6.05. The molecule has 0 fully saturated rings. The summed E-state index contributed by atoms with van der Waals surface area (Å²) in [5.41, 5.74) is 2.96. The molecule has 0 saturated heterocycles. The first-order valence-electron chi connectivity index (χ1n) is 4.41. The molecule has 0 N–H and O–H groups in total. The molecule has 0 unspecified atom stereocenters. The lowest BCUT2D eigenvalue weighted by Gasteiger charge is -2.12. The summed E-state index contributed by atoms with van der Waals surface area (Å²) < 4.78 is 5.23. The second kappa shape index (κ2) is 4.02. The third-order valence-electron chi connectivity index (χ3n) is 2.09. The van der Waals surface area contributed by atoms with Crippen LogP contribution in [0.5, 0.6) is 0 Å². The van der Waals surface area contributed by atoms with E-state index < -0.39 is 0 Å². The van der Waals surface area contributed by atoms with Crippen LogP contribution in [0.15, 0.2) is 29.0 Å². The van der Waals surface area contributed by atoms with E-state index in [1.807, 2.05) is 19.2 Å². The second-order valence-corrected chi connectivity index (χ2v) is 3.59. The zero-order chi connectivity index (χ0) is 9.97. The summed E-state index contributed by atoms with van der Waals surface area (Å²) in [5, 5.41) is 0. The normalized spacial score (nSPS) is 11.4. The number of nitrogens with zero attached hydrogens (tertiary/aromatic N) is 2. The summed E-state index contributed by atoms with van der Waals surface area (Å²) in [7, 11) is 2.03. The smallest absolute Gasteiger partial charge is 0.181 e. The molecule has 0 spiro atoms. The molecule has 74 valence electrons. The second-order valence-electron chi connectivity index (χ2n) is 3.31. The molecule has 2 rings (SSSR count). The van der Waals surface area contributed by atoms with Gasteiger partial charge >= 0.3 is 0 Å². The largest absolute Gasteiger partial charge is 0.443 e. The topological polar surface area (TPSA) is 29.3 Å². The molecule has 0 amide bonds. The minimum Gasteiger partial charge on any atom is -0.443 e. The molecule has 4 heteroatoms. The van der Waals surface area contributed by atoms with Gasteiger partial charge in [-0.25, -0.2) is 4.98 Å². The highest BCUT2D eigenvalue weighted by Gasteiger charge is 2.02. The zero-order valence-electron chi connectivity index (χ0n) is 7.97. The van der Waals surface area contributed by atoms with Crippen LogP contribution in [0.2, 0.25) is 0 Å². The first-order valence-corrected chi connectivity index (χ1v) is 5.04. The number of hydrogen-bond donors (Lipinski definition) is 1. The maximum atomic E-state index is 5.23. The van der Waals surface area contributed by atoms with Gasteiger partial charge in [0.05, 0.1) is 0 Å². The standard InChI is InChI=1S/C10H12N2OS/c1-12(7-14)5-8-2-3-9-10(4-8)13-6-11-9/h2-4,6,14H,5,7H2,1H3. The summed E-state index contributed by atoms with van der Waals surface area (Å²) in [6.45, 7) is 0.875. The average Bonchev–Trinajstić information content (AvgIpc) is 2.64. The quantitative estimate of drug-likeness (QED) is 0.619. The van der Waals surface area contributed by atoms with Gasteiger partial charge in [0.2, 0.25) is 0 Å². The highest BCUT2D eigenvalue weighted by atomic mass is 32.1. The van der Waals surface area contributed by atoms with Crippen LogP contribution in [-0.4, -0.2) is 22.8 Å². The molecular weight excluding hydrogens is 196 g/mol. The highest BCUT2D eigenvalue weighted by Crippen LogP contribution is 2.15. The number of rotatable bonds is 3. The average molecular weight is 208 g/mol. The van der Waals surface area contributed by atoms with Crippen molar-refractivity contribution in [2.45, 2.75) is 6.54 Å². The van der Waals surface area contributed by atoms with Crippen molar-refractivity contribution in [3.8, 4) is 0 Å². The summed E-state index contributed by atoms with van der Waals surface area (Å²) in [6.07, 6.45) is 1.47. The Bertz CT molecular complexity index is 427. The van der Waals surface area contributed by atoms with E-state index in [-0.39, 0.29) is 0 Å². The third kappa shape index (κ3) is 1.91. The number of hydrogen-bond acceptors (Lipinski definition) is 4. The van der Waals surface area contributed by atoms with E-state index in [0.717, 1.165) is 23.5 Å². The van der Waals surface area contributed by atoms with E-state index in [1.54, 1.807) is 0 Å². The van der Waals surface area contributed by atoms with Crippen molar-refractivity contribution < 1.29 is 4.42 Å². The van der Waals surface area contributed by atoms with Crippen LogP contribution >= 0.6 is 12.6 Å². The van der Waals surface area contributed by atoms with Crippen molar-refractivity contribution >= 4 is 23.7 Å². The molecule has 0 aliphatic rings. The van der Waals surface area contributed by atoms with Crippen molar-refractivity contribution in [2.24, 2.45) is 0 Å². The summed E-state index contributed by atoms with van der Waals surface area (Å²) in [5.74, 6) is 0.744. The number of aromatic nitrogens is 1. The van der Waals surface area contributed by atoms with Crippen LogP contribution in [0.3, 0.4) is 0 Å². The number of benzene rings is 1. The Morgan fingerprint density at radius 1 is 1.50 bits per heavy atom. The molecule has 0 aliphatic carbocycles. The number of thiol groups is 1. The maximum absolute atomic E-state index is 5.23. The molecule has 14 heavy (non-hydrogen) atoms. The van der Waals surface area contributed by atoms with Crippen molar-refractivity contribution in [3.63, 3.8) is 0 Å². The van der Waals surface area contributed by atoms with Gasteiger partial charge < -0.3 is 4.42 Å². The maximum Gasteiger partial charge on any atom is 0.181 e. The SMILES string of the molecule is CN(CS)Cc1ccc2ncoc2c1. The molecule has 2 aromatic rings. The van der Waals surface area contributed by atoms with Crippen LogP contribution in [0.4, 0.5) is 0 Å². The molecule has 0 atom stereocenters. The molecule has 1 aromatic heterocycles. The minimum atomic E-state index is 0.744.